The van der Waals surface area contributed by atoms with Gasteiger partial charge in [0.05, 0.1) is 6.10 Å². The van der Waals surface area contributed by atoms with Gasteiger partial charge in [-0.2, -0.15) is 0 Å². The first-order valence-electron chi connectivity index (χ1n) is 14.1. The number of Topliss-reactive ketones (excluding diaryl/α,β-unsaturated/α-hetero) is 1. The Kier molecular flexibility index (Phi) is 4.41. The smallest absolute Gasteiger partial charge is 0.139 e. The molecule has 0 aromatic rings. The van der Waals surface area contributed by atoms with E-state index in [1.807, 2.05) is 0 Å². The van der Waals surface area contributed by atoms with Crippen LogP contribution in [0.1, 0.15) is 113 Å². The Labute approximate surface area is 202 Å². The van der Waals surface area contributed by atoms with Crippen molar-refractivity contribution in [3.63, 3.8) is 0 Å². The molecule has 5 saturated carbocycles. The molecule has 6 aliphatic rings. The second-order valence-corrected chi connectivity index (χ2v) is 15.6. The number of fused-ring (bicyclic) bond motifs is 8. The van der Waals surface area contributed by atoms with Crippen LogP contribution in [0.4, 0.5) is 0 Å². The number of rotatable bonds is 0. The minimum Gasteiger partial charge on any atom is -0.393 e. The van der Waals surface area contributed by atoms with Crippen LogP contribution in [-0.2, 0) is 4.79 Å². The Bertz CT molecular complexity index is 927. The van der Waals surface area contributed by atoms with E-state index >= 15 is 0 Å². The minimum atomic E-state index is -0.169. The van der Waals surface area contributed by atoms with Crippen molar-refractivity contribution >= 4 is 5.78 Å². The summed E-state index contributed by atoms with van der Waals surface area (Å²) in [6.07, 6.45) is 13.8. The van der Waals surface area contributed by atoms with Crippen molar-refractivity contribution in [3.8, 4) is 0 Å². The molecule has 6 rings (SSSR count). The molecule has 0 aliphatic heterocycles. The first kappa shape index (κ1) is 22.8. The van der Waals surface area contributed by atoms with Crippen molar-refractivity contribution in [1.82, 2.24) is 0 Å². The molecule has 0 heterocycles. The molecule has 33 heavy (non-hydrogen) atoms. The van der Waals surface area contributed by atoms with Crippen molar-refractivity contribution in [2.75, 3.05) is 0 Å². The highest BCUT2D eigenvalue weighted by atomic mass is 16.3. The molecular weight excluding hydrogens is 404 g/mol. The monoisotopic (exact) mass is 452 g/mol. The van der Waals surface area contributed by atoms with Crippen LogP contribution in [0.5, 0.6) is 0 Å². The summed E-state index contributed by atoms with van der Waals surface area (Å²) < 4.78 is 0. The molecule has 184 valence electrons. The summed E-state index contributed by atoms with van der Waals surface area (Å²) in [6, 6.07) is 0. The highest BCUT2D eigenvalue weighted by molar-refractivity contribution is 5.89. The van der Waals surface area contributed by atoms with Crippen molar-refractivity contribution < 1.29 is 9.90 Å². The zero-order valence-electron chi connectivity index (χ0n) is 22.4. The van der Waals surface area contributed by atoms with Gasteiger partial charge in [-0.1, -0.05) is 60.1 Å². The summed E-state index contributed by atoms with van der Waals surface area (Å²) in [5.74, 6) is 2.87. The lowest BCUT2D eigenvalue weighted by molar-refractivity contribution is -0.208. The van der Waals surface area contributed by atoms with Gasteiger partial charge in [-0.25, -0.2) is 0 Å². The van der Waals surface area contributed by atoms with Crippen molar-refractivity contribution in [3.05, 3.63) is 11.6 Å². The minimum absolute atomic E-state index is 0.00232. The third-order valence-electron chi connectivity index (χ3n) is 13.8. The van der Waals surface area contributed by atoms with Crippen LogP contribution >= 0.6 is 0 Å². The number of ketones is 1. The maximum absolute atomic E-state index is 13.7. The first-order valence-corrected chi connectivity index (χ1v) is 14.1. The molecule has 0 radical (unpaired) electrons. The third-order valence-corrected chi connectivity index (χ3v) is 13.8. The largest absolute Gasteiger partial charge is 0.393 e. The van der Waals surface area contributed by atoms with Crippen molar-refractivity contribution in [2.24, 2.45) is 56.2 Å². The molecule has 2 heteroatoms. The predicted molar refractivity (Wildman–Crippen MR) is 134 cm³/mol. The number of carbonyl (C=O) groups is 1. The van der Waals surface area contributed by atoms with Crippen LogP contribution in [0, 0.1) is 56.2 Å². The lowest BCUT2D eigenvalue weighted by Gasteiger charge is -2.71. The van der Waals surface area contributed by atoms with E-state index in [0.717, 1.165) is 32.1 Å². The molecule has 6 aliphatic carbocycles. The Hall–Kier alpha value is -0.630. The van der Waals surface area contributed by atoms with E-state index < -0.39 is 0 Å². The number of hydrogen-bond donors (Lipinski definition) is 1. The maximum atomic E-state index is 13.7. The van der Waals surface area contributed by atoms with Gasteiger partial charge in [0.2, 0.25) is 0 Å². The highest BCUT2D eigenvalue weighted by Gasteiger charge is 2.73. The van der Waals surface area contributed by atoms with Crippen molar-refractivity contribution in [1.29, 1.82) is 0 Å². The number of allylic oxidation sites excluding steroid dienone is 2. The van der Waals surface area contributed by atoms with E-state index in [0.29, 0.717) is 34.9 Å². The standard InChI is InChI=1S/C31H48O2/c1-26(2)14-15-31-17-19(16-25(31)33)30(7)20(21(31)18-26)8-9-23-28(5)12-11-24(32)27(3,4)22(28)10-13-29(23,30)6/h8,19,21-24,32H,9-18H2,1-7H3/t19-,21+,22+,23-,24+,28+,29-,30-,31+/m1/s1. The summed E-state index contributed by atoms with van der Waals surface area (Å²) >= 11 is 0. The van der Waals surface area contributed by atoms with Crippen LogP contribution in [0.3, 0.4) is 0 Å². The number of carbonyl (C=O) groups excluding carboxylic acids is 1. The molecule has 9 atom stereocenters. The van der Waals surface area contributed by atoms with Gasteiger partial charge in [0.25, 0.3) is 0 Å². The number of aliphatic hydroxyl groups excluding tert-OH is 1. The number of aliphatic hydroxyl groups is 1. The quantitative estimate of drug-likeness (QED) is 0.390. The number of hydrogen-bond acceptors (Lipinski definition) is 2. The molecule has 0 amide bonds. The molecule has 1 spiro atoms. The normalized spacial score (nSPS) is 56.2. The molecule has 0 aromatic carbocycles. The van der Waals surface area contributed by atoms with E-state index in [-0.39, 0.29) is 33.2 Å². The maximum Gasteiger partial charge on any atom is 0.139 e. The Morgan fingerprint density at radius 3 is 2.33 bits per heavy atom. The lowest BCUT2D eigenvalue weighted by atomic mass is 9.33. The fraction of sp³-hybridized carbons (Fsp3) is 0.903. The molecule has 2 nitrogen and oxygen atoms in total. The molecule has 0 saturated heterocycles. The summed E-state index contributed by atoms with van der Waals surface area (Å²) in [4.78, 5) is 13.7. The van der Waals surface area contributed by atoms with Crippen LogP contribution in [0.25, 0.3) is 0 Å². The molecular formula is C31H48O2. The molecule has 0 aromatic heterocycles. The van der Waals surface area contributed by atoms with Crippen LogP contribution < -0.4 is 0 Å². The summed E-state index contributed by atoms with van der Waals surface area (Å²) in [7, 11) is 0. The zero-order chi connectivity index (χ0) is 23.8. The van der Waals surface area contributed by atoms with Crippen molar-refractivity contribution in [2.45, 2.75) is 119 Å². The van der Waals surface area contributed by atoms with Crippen LogP contribution in [0.2, 0.25) is 0 Å². The molecule has 2 bridgehead atoms. The average Bonchev–Trinajstić information content (AvgIpc) is 3.03. The summed E-state index contributed by atoms with van der Waals surface area (Å²) in [5, 5.41) is 10.9. The SMILES string of the molecule is CC1(C)CC[C@@]23C[C@@H](CC2=O)[C@]2(C)C(=CC[C@@H]4[C@@]5(C)CC[C@H](O)C(C)(C)[C@@H]5CC[C@]42C)[C@@H]3C1. The third kappa shape index (κ3) is 2.48. The Morgan fingerprint density at radius 1 is 0.879 bits per heavy atom. The second-order valence-electron chi connectivity index (χ2n) is 15.6. The van der Waals surface area contributed by atoms with Gasteiger partial charge in [0.1, 0.15) is 5.78 Å². The Morgan fingerprint density at radius 2 is 1.61 bits per heavy atom. The fourth-order valence-electron chi connectivity index (χ4n) is 11.7. The zero-order valence-corrected chi connectivity index (χ0v) is 22.4. The van der Waals surface area contributed by atoms with E-state index in [9.17, 15) is 9.90 Å². The van der Waals surface area contributed by atoms with Gasteiger partial charge in [-0.05, 0) is 109 Å². The van der Waals surface area contributed by atoms with Crippen LogP contribution in [-0.4, -0.2) is 17.0 Å². The predicted octanol–water partition coefficient (Wildman–Crippen LogP) is 7.35. The molecule has 1 N–H and O–H groups in total. The summed E-state index contributed by atoms with van der Waals surface area (Å²) in [6.45, 7) is 17.4. The highest BCUT2D eigenvalue weighted by Crippen LogP contribution is 2.79. The second kappa shape index (κ2) is 6.37. The van der Waals surface area contributed by atoms with Gasteiger partial charge in [-0.3, -0.25) is 4.79 Å². The first-order chi connectivity index (χ1) is 15.2. The van der Waals surface area contributed by atoms with Gasteiger partial charge in [0, 0.05) is 11.8 Å². The van der Waals surface area contributed by atoms with Gasteiger partial charge < -0.3 is 5.11 Å². The molecule has 5 fully saturated rings. The summed E-state index contributed by atoms with van der Waals surface area (Å²) in [5.41, 5.74) is 2.71. The van der Waals surface area contributed by atoms with Gasteiger partial charge in [0.15, 0.2) is 0 Å². The lowest BCUT2D eigenvalue weighted by Crippen LogP contribution is -2.65. The van der Waals surface area contributed by atoms with E-state index in [4.69, 9.17) is 0 Å². The van der Waals surface area contributed by atoms with Gasteiger partial charge >= 0.3 is 0 Å². The fourth-order valence-corrected chi connectivity index (χ4v) is 11.7. The van der Waals surface area contributed by atoms with E-state index in [1.165, 1.54) is 32.1 Å². The van der Waals surface area contributed by atoms with E-state index in [2.05, 4.69) is 54.5 Å². The molecule has 0 unspecified atom stereocenters. The topological polar surface area (TPSA) is 37.3 Å². The van der Waals surface area contributed by atoms with E-state index in [1.54, 1.807) is 5.57 Å². The average molecular weight is 453 g/mol. The van der Waals surface area contributed by atoms with Crippen LogP contribution in [0.15, 0.2) is 11.6 Å². The Balaban J connectivity index is 1.48. The van der Waals surface area contributed by atoms with Gasteiger partial charge in [-0.15, -0.1) is 0 Å².